The van der Waals surface area contributed by atoms with E-state index in [4.69, 9.17) is 4.74 Å². The van der Waals surface area contributed by atoms with Crippen LogP contribution in [0.5, 0.6) is 0 Å². The van der Waals surface area contributed by atoms with Crippen LogP contribution >= 0.6 is 23.5 Å². The third kappa shape index (κ3) is 2.28. The number of fused-ring (bicyclic) bond motifs is 2. The van der Waals surface area contributed by atoms with Gasteiger partial charge in [-0.2, -0.15) is 0 Å². The van der Waals surface area contributed by atoms with Crippen molar-refractivity contribution in [1.82, 2.24) is 0 Å². The highest BCUT2D eigenvalue weighted by molar-refractivity contribution is 8.05. The van der Waals surface area contributed by atoms with Crippen molar-refractivity contribution in [2.45, 2.75) is 19.6 Å². The van der Waals surface area contributed by atoms with Crippen LogP contribution in [0.4, 0.5) is 0 Å². The molecule has 0 fully saturated rings. The summed E-state index contributed by atoms with van der Waals surface area (Å²) in [5.41, 5.74) is 1.89. The Morgan fingerprint density at radius 1 is 1.11 bits per heavy atom. The minimum atomic E-state index is -0.288. The van der Waals surface area contributed by atoms with Gasteiger partial charge in [-0.1, -0.05) is 41.1 Å². The fourth-order valence-corrected chi connectivity index (χ4v) is 4.39. The van der Waals surface area contributed by atoms with Gasteiger partial charge in [-0.25, -0.2) is 4.79 Å². The smallest absolute Gasteiger partial charge is 0.337 e. The lowest BCUT2D eigenvalue weighted by Gasteiger charge is -2.20. The maximum atomic E-state index is 11.6. The van der Waals surface area contributed by atoms with Crippen LogP contribution in [0.2, 0.25) is 0 Å². The summed E-state index contributed by atoms with van der Waals surface area (Å²) in [7, 11) is 3.53. The van der Waals surface area contributed by atoms with Crippen LogP contribution < -0.4 is 5.46 Å². The highest BCUT2D eigenvalue weighted by atomic mass is 32.2. The summed E-state index contributed by atoms with van der Waals surface area (Å²) in [5.74, 6) is -0.288. The number of methoxy groups -OCH3 is 1. The first-order chi connectivity index (χ1) is 9.19. The van der Waals surface area contributed by atoms with E-state index in [0.717, 1.165) is 4.90 Å². The quantitative estimate of drug-likeness (QED) is 0.507. The standard InChI is InChI=1S/C14H11BO2S2/c1-17-14(16)8-5-6-10-12(7-8)18-11-4-2-3-9(15)13(11)19-10/h2-7H,15H2,1H3. The molecule has 0 amide bonds. The summed E-state index contributed by atoms with van der Waals surface area (Å²) >= 11 is 3.47. The summed E-state index contributed by atoms with van der Waals surface area (Å²) in [5, 5.41) is 0. The second kappa shape index (κ2) is 4.98. The molecule has 19 heavy (non-hydrogen) atoms. The molecule has 0 saturated carbocycles. The first-order valence-corrected chi connectivity index (χ1v) is 7.50. The molecule has 0 saturated heterocycles. The molecule has 0 spiro atoms. The Morgan fingerprint density at radius 3 is 2.74 bits per heavy atom. The summed E-state index contributed by atoms with van der Waals surface area (Å²) in [6.45, 7) is 0. The van der Waals surface area contributed by atoms with E-state index in [1.54, 1.807) is 23.5 Å². The topological polar surface area (TPSA) is 26.3 Å². The van der Waals surface area contributed by atoms with Gasteiger partial charge in [0, 0.05) is 19.6 Å². The molecule has 0 atom stereocenters. The van der Waals surface area contributed by atoms with Gasteiger partial charge in [-0.15, -0.1) is 0 Å². The van der Waals surface area contributed by atoms with Crippen LogP contribution in [0.3, 0.4) is 0 Å². The van der Waals surface area contributed by atoms with Crippen molar-refractivity contribution in [3.05, 3.63) is 42.0 Å². The predicted molar refractivity (Wildman–Crippen MR) is 80.6 cm³/mol. The van der Waals surface area contributed by atoms with Crippen molar-refractivity contribution in [2.75, 3.05) is 7.11 Å². The lowest BCUT2D eigenvalue weighted by atomic mass is 9.96. The van der Waals surface area contributed by atoms with Crippen LogP contribution in [0.1, 0.15) is 10.4 Å². The minimum Gasteiger partial charge on any atom is -0.465 e. The van der Waals surface area contributed by atoms with Crippen LogP contribution in [0.25, 0.3) is 0 Å². The van der Waals surface area contributed by atoms with Gasteiger partial charge in [-0.05, 0) is 24.3 Å². The molecule has 2 aromatic rings. The fraction of sp³-hybridized carbons (Fsp3) is 0.0714. The van der Waals surface area contributed by atoms with Crippen molar-refractivity contribution >= 4 is 42.8 Å². The molecule has 0 bridgehead atoms. The van der Waals surface area contributed by atoms with Crippen molar-refractivity contribution in [3.63, 3.8) is 0 Å². The highest BCUT2D eigenvalue weighted by Gasteiger charge is 2.19. The van der Waals surface area contributed by atoms with E-state index in [1.165, 1.54) is 27.3 Å². The number of rotatable bonds is 1. The maximum Gasteiger partial charge on any atom is 0.337 e. The van der Waals surface area contributed by atoms with Gasteiger partial charge in [0.05, 0.1) is 12.7 Å². The Kier molecular flexibility index (Phi) is 3.33. The normalized spacial score (nSPS) is 12.5. The Morgan fingerprint density at radius 2 is 1.95 bits per heavy atom. The number of ether oxygens (including phenoxy) is 1. The van der Waals surface area contributed by atoms with Crippen molar-refractivity contribution < 1.29 is 9.53 Å². The zero-order chi connectivity index (χ0) is 13.4. The maximum absolute atomic E-state index is 11.6. The van der Waals surface area contributed by atoms with Crippen molar-refractivity contribution in [1.29, 1.82) is 0 Å². The van der Waals surface area contributed by atoms with Gasteiger partial charge in [0.1, 0.15) is 7.85 Å². The number of carbonyl (C=O) groups is 1. The van der Waals surface area contributed by atoms with Crippen LogP contribution in [-0.4, -0.2) is 20.9 Å². The molecule has 3 rings (SSSR count). The summed E-state index contributed by atoms with van der Waals surface area (Å²) in [6, 6.07) is 12.0. The number of carbonyl (C=O) groups excluding carboxylic acids is 1. The average Bonchev–Trinajstić information content (AvgIpc) is 2.44. The molecule has 1 aliphatic heterocycles. The number of benzene rings is 2. The Labute approximate surface area is 121 Å². The molecular weight excluding hydrogens is 275 g/mol. The molecule has 0 aromatic heterocycles. The van der Waals surface area contributed by atoms with E-state index < -0.39 is 0 Å². The van der Waals surface area contributed by atoms with E-state index in [2.05, 4.69) is 26.0 Å². The van der Waals surface area contributed by atoms with Crippen LogP contribution in [0.15, 0.2) is 56.0 Å². The van der Waals surface area contributed by atoms with Crippen LogP contribution in [-0.2, 0) is 4.74 Å². The molecule has 0 N–H and O–H groups in total. The summed E-state index contributed by atoms with van der Waals surface area (Å²) in [4.78, 5) is 16.4. The molecule has 1 aliphatic rings. The number of hydrogen-bond donors (Lipinski definition) is 0. The van der Waals surface area contributed by atoms with E-state index in [9.17, 15) is 4.79 Å². The number of hydrogen-bond acceptors (Lipinski definition) is 4. The van der Waals surface area contributed by atoms with Gasteiger partial charge in [-0.3, -0.25) is 0 Å². The molecule has 0 unspecified atom stereocenters. The first kappa shape index (κ1) is 12.7. The van der Waals surface area contributed by atoms with E-state index in [-0.39, 0.29) is 5.97 Å². The van der Waals surface area contributed by atoms with E-state index >= 15 is 0 Å². The third-order valence-electron chi connectivity index (χ3n) is 2.97. The molecule has 1 heterocycles. The van der Waals surface area contributed by atoms with Gasteiger partial charge >= 0.3 is 5.97 Å². The van der Waals surface area contributed by atoms with Crippen molar-refractivity contribution in [3.8, 4) is 0 Å². The van der Waals surface area contributed by atoms with Crippen molar-refractivity contribution in [2.24, 2.45) is 0 Å². The third-order valence-corrected chi connectivity index (χ3v) is 5.67. The summed E-state index contributed by atoms with van der Waals surface area (Å²) in [6.07, 6.45) is 0. The molecule has 2 nitrogen and oxygen atoms in total. The molecule has 2 aromatic carbocycles. The zero-order valence-electron chi connectivity index (χ0n) is 10.6. The van der Waals surface area contributed by atoms with E-state index in [0.29, 0.717) is 5.56 Å². The van der Waals surface area contributed by atoms with Gasteiger partial charge in [0.15, 0.2) is 0 Å². The molecular formula is C14H11BO2S2. The second-order valence-electron chi connectivity index (χ2n) is 4.26. The average molecular weight is 286 g/mol. The lowest BCUT2D eigenvalue weighted by molar-refractivity contribution is 0.0600. The lowest BCUT2D eigenvalue weighted by Crippen LogP contribution is -2.09. The first-order valence-electron chi connectivity index (χ1n) is 5.87. The highest BCUT2D eigenvalue weighted by Crippen LogP contribution is 2.47. The fourth-order valence-electron chi connectivity index (χ4n) is 1.98. The van der Waals surface area contributed by atoms with Gasteiger partial charge in [0.2, 0.25) is 0 Å². The monoisotopic (exact) mass is 286 g/mol. The molecule has 0 radical (unpaired) electrons. The zero-order valence-corrected chi connectivity index (χ0v) is 12.2. The van der Waals surface area contributed by atoms with Crippen LogP contribution in [0, 0.1) is 0 Å². The molecule has 94 valence electrons. The van der Waals surface area contributed by atoms with E-state index in [1.807, 2.05) is 18.2 Å². The SMILES string of the molecule is Bc1cccc2c1Sc1ccc(C(=O)OC)cc1S2. The largest absolute Gasteiger partial charge is 0.465 e. The minimum absolute atomic E-state index is 0.288. The predicted octanol–water partition coefficient (Wildman–Crippen LogP) is 2.35. The number of esters is 1. The van der Waals surface area contributed by atoms with Gasteiger partial charge in [0.25, 0.3) is 0 Å². The molecule has 5 heteroatoms. The molecule has 0 aliphatic carbocycles. The Balaban J connectivity index is 2.03. The second-order valence-corrected chi connectivity index (χ2v) is 6.40. The van der Waals surface area contributed by atoms with Gasteiger partial charge < -0.3 is 4.74 Å². The summed E-state index contributed by atoms with van der Waals surface area (Å²) < 4.78 is 4.76. The Bertz CT molecular complexity index is 670. The Hall–Kier alpha value is -1.33.